The molecule has 0 aliphatic rings. The Morgan fingerprint density at radius 2 is 2.08 bits per heavy atom. The summed E-state index contributed by atoms with van der Waals surface area (Å²) in [6.45, 7) is 6.94. The summed E-state index contributed by atoms with van der Waals surface area (Å²) in [5.74, 6) is 0.491. The van der Waals surface area contributed by atoms with E-state index in [0.29, 0.717) is 5.92 Å². The van der Waals surface area contributed by atoms with E-state index in [0.717, 1.165) is 16.7 Å². The highest BCUT2D eigenvalue weighted by molar-refractivity contribution is 9.10. The third kappa shape index (κ3) is 2.44. The molecule has 0 aliphatic heterocycles. The summed E-state index contributed by atoms with van der Waals surface area (Å²) in [5, 5.41) is 0. The predicted octanol–water partition coefficient (Wildman–Crippen LogP) is 2.58. The molecule has 1 rings (SSSR count). The van der Waals surface area contributed by atoms with Crippen LogP contribution in [0.2, 0.25) is 0 Å². The molecule has 0 atom stereocenters. The summed E-state index contributed by atoms with van der Waals surface area (Å²) in [6, 6.07) is 3.40. The van der Waals surface area contributed by atoms with Crippen molar-refractivity contribution < 1.29 is 0 Å². The van der Waals surface area contributed by atoms with Gasteiger partial charge in [0.15, 0.2) is 0 Å². The van der Waals surface area contributed by atoms with Crippen molar-refractivity contribution in [1.82, 2.24) is 4.57 Å². The van der Waals surface area contributed by atoms with Gasteiger partial charge in [-0.3, -0.25) is 4.79 Å². The van der Waals surface area contributed by atoms with Gasteiger partial charge in [0.2, 0.25) is 0 Å². The van der Waals surface area contributed by atoms with Crippen LogP contribution in [-0.4, -0.2) is 4.57 Å². The molecule has 72 valence electrons. The molecular weight excluding hydrogens is 230 g/mol. The minimum absolute atomic E-state index is 0.0781. The van der Waals surface area contributed by atoms with E-state index in [4.69, 9.17) is 0 Å². The zero-order valence-corrected chi connectivity index (χ0v) is 9.76. The van der Waals surface area contributed by atoms with Gasteiger partial charge in [-0.2, -0.15) is 0 Å². The Balaban J connectivity index is 3.18. The first kappa shape index (κ1) is 10.5. The molecule has 3 heteroatoms. The Kier molecular flexibility index (Phi) is 3.31. The van der Waals surface area contributed by atoms with Crippen LogP contribution in [0.25, 0.3) is 0 Å². The average molecular weight is 244 g/mol. The van der Waals surface area contributed by atoms with Crippen molar-refractivity contribution in [3.8, 4) is 0 Å². The highest BCUT2D eigenvalue weighted by atomic mass is 79.9. The van der Waals surface area contributed by atoms with E-state index in [9.17, 15) is 4.79 Å². The summed E-state index contributed by atoms with van der Waals surface area (Å²) in [4.78, 5) is 11.5. The summed E-state index contributed by atoms with van der Waals surface area (Å²) in [6.07, 6.45) is 0. The largest absolute Gasteiger partial charge is 0.312 e. The van der Waals surface area contributed by atoms with Crippen molar-refractivity contribution in [2.75, 3.05) is 0 Å². The van der Waals surface area contributed by atoms with Gasteiger partial charge in [0, 0.05) is 22.8 Å². The molecular formula is C10H14BrNO. The molecule has 0 amide bonds. The smallest absolute Gasteiger partial charge is 0.250 e. The van der Waals surface area contributed by atoms with Crippen molar-refractivity contribution in [3.63, 3.8) is 0 Å². The highest BCUT2D eigenvalue weighted by Gasteiger charge is 2.04. The topological polar surface area (TPSA) is 22.0 Å². The minimum atomic E-state index is 0.0781. The first-order chi connectivity index (χ1) is 6.02. The van der Waals surface area contributed by atoms with Crippen LogP contribution >= 0.6 is 15.9 Å². The van der Waals surface area contributed by atoms with E-state index in [2.05, 4.69) is 29.8 Å². The van der Waals surface area contributed by atoms with Gasteiger partial charge in [0.25, 0.3) is 5.56 Å². The number of halogens is 1. The van der Waals surface area contributed by atoms with Crippen molar-refractivity contribution in [2.24, 2.45) is 5.92 Å². The van der Waals surface area contributed by atoms with E-state index >= 15 is 0 Å². The van der Waals surface area contributed by atoms with E-state index < -0.39 is 0 Å². The average Bonchev–Trinajstić information content (AvgIpc) is 2.05. The maximum Gasteiger partial charge on any atom is 0.250 e. The van der Waals surface area contributed by atoms with Gasteiger partial charge in [-0.15, -0.1) is 0 Å². The molecule has 0 aromatic carbocycles. The van der Waals surface area contributed by atoms with Crippen molar-refractivity contribution in [3.05, 3.63) is 32.7 Å². The van der Waals surface area contributed by atoms with Crippen molar-refractivity contribution >= 4 is 15.9 Å². The maximum atomic E-state index is 11.5. The summed E-state index contributed by atoms with van der Waals surface area (Å²) in [5.41, 5.74) is 1.08. The van der Waals surface area contributed by atoms with Crippen LogP contribution in [0.5, 0.6) is 0 Å². The molecule has 0 saturated carbocycles. The minimum Gasteiger partial charge on any atom is -0.312 e. The third-order valence-electron chi connectivity index (χ3n) is 1.94. The Morgan fingerprint density at radius 1 is 1.46 bits per heavy atom. The molecule has 13 heavy (non-hydrogen) atoms. The van der Waals surface area contributed by atoms with E-state index in [1.807, 2.05) is 6.92 Å². The Labute approximate surface area is 86.7 Å². The molecule has 1 heterocycles. The zero-order valence-electron chi connectivity index (χ0n) is 8.17. The van der Waals surface area contributed by atoms with Gasteiger partial charge in [0.1, 0.15) is 0 Å². The molecule has 2 nitrogen and oxygen atoms in total. The third-order valence-corrected chi connectivity index (χ3v) is 2.77. The fourth-order valence-corrected chi connectivity index (χ4v) is 1.59. The molecule has 0 unspecified atom stereocenters. The van der Waals surface area contributed by atoms with Crippen LogP contribution in [0, 0.1) is 12.8 Å². The Morgan fingerprint density at radius 3 is 2.62 bits per heavy atom. The lowest BCUT2D eigenvalue weighted by atomic mass is 10.2. The van der Waals surface area contributed by atoms with Gasteiger partial charge in [-0.25, -0.2) is 0 Å². The lowest BCUT2D eigenvalue weighted by Gasteiger charge is -2.12. The molecule has 1 aromatic heterocycles. The normalized spacial score (nSPS) is 10.8. The second-order valence-electron chi connectivity index (χ2n) is 3.61. The number of rotatable bonds is 2. The van der Waals surface area contributed by atoms with Crippen LogP contribution in [0.4, 0.5) is 0 Å². The number of pyridine rings is 1. The van der Waals surface area contributed by atoms with Crippen LogP contribution < -0.4 is 5.56 Å². The molecule has 1 aromatic rings. The Bertz CT molecular complexity index is 354. The Hall–Kier alpha value is -0.570. The van der Waals surface area contributed by atoms with Crippen molar-refractivity contribution in [1.29, 1.82) is 0 Å². The number of nitrogens with zero attached hydrogens (tertiary/aromatic N) is 1. The molecule has 0 N–H and O–H groups in total. The molecule has 0 radical (unpaired) electrons. The molecule has 0 spiro atoms. The summed E-state index contributed by atoms with van der Waals surface area (Å²) in [7, 11) is 0. The fourth-order valence-electron chi connectivity index (χ4n) is 1.24. The first-order valence-corrected chi connectivity index (χ1v) is 5.17. The molecule has 0 aliphatic carbocycles. The lowest BCUT2D eigenvalue weighted by Crippen LogP contribution is -2.23. The van der Waals surface area contributed by atoms with Crippen LogP contribution in [0.1, 0.15) is 19.5 Å². The van der Waals surface area contributed by atoms with Crippen LogP contribution in [-0.2, 0) is 6.54 Å². The SMILES string of the molecule is Cc1c(Br)ccc(=O)n1CC(C)C. The highest BCUT2D eigenvalue weighted by Crippen LogP contribution is 2.13. The van der Waals surface area contributed by atoms with Gasteiger partial charge in [-0.1, -0.05) is 13.8 Å². The monoisotopic (exact) mass is 243 g/mol. The summed E-state index contributed by atoms with van der Waals surface area (Å²) >= 11 is 3.41. The summed E-state index contributed by atoms with van der Waals surface area (Å²) < 4.78 is 2.79. The first-order valence-electron chi connectivity index (χ1n) is 4.38. The second-order valence-corrected chi connectivity index (χ2v) is 4.46. The quantitative estimate of drug-likeness (QED) is 0.783. The standard InChI is InChI=1S/C10H14BrNO/c1-7(2)6-12-8(3)9(11)4-5-10(12)13/h4-5,7H,6H2,1-3H3. The number of hydrogen-bond donors (Lipinski definition) is 0. The maximum absolute atomic E-state index is 11.5. The van der Waals surface area contributed by atoms with E-state index in [1.165, 1.54) is 0 Å². The molecule has 0 fully saturated rings. The van der Waals surface area contributed by atoms with Crippen molar-refractivity contribution in [2.45, 2.75) is 27.3 Å². The van der Waals surface area contributed by atoms with Gasteiger partial charge >= 0.3 is 0 Å². The molecule has 0 bridgehead atoms. The fraction of sp³-hybridized carbons (Fsp3) is 0.500. The van der Waals surface area contributed by atoms with Gasteiger partial charge < -0.3 is 4.57 Å². The number of hydrogen-bond acceptors (Lipinski definition) is 1. The van der Waals surface area contributed by atoms with E-state index in [1.54, 1.807) is 16.7 Å². The van der Waals surface area contributed by atoms with Crippen LogP contribution in [0.3, 0.4) is 0 Å². The predicted molar refractivity (Wildman–Crippen MR) is 58.0 cm³/mol. The molecule has 0 saturated heterocycles. The lowest BCUT2D eigenvalue weighted by molar-refractivity contribution is 0.501. The van der Waals surface area contributed by atoms with Crippen LogP contribution in [0.15, 0.2) is 21.4 Å². The zero-order chi connectivity index (χ0) is 10.0. The van der Waals surface area contributed by atoms with Gasteiger partial charge in [0.05, 0.1) is 0 Å². The number of aromatic nitrogens is 1. The second kappa shape index (κ2) is 4.09. The van der Waals surface area contributed by atoms with Gasteiger partial charge in [-0.05, 0) is 34.8 Å². The van der Waals surface area contributed by atoms with E-state index in [-0.39, 0.29) is 5.56 Å².